The van der Waals surface area contributed by atoms with Gasteiger partial charge >= 0.3 is 0 Å². The number of nitrogens with one attached hydrogen (secondary N) is 1. The summed E-state index contributed by atoms with van der Waals surface area (Å²) >= 11 is 1.59. The second kappa shape index (κ2) is 7.89. The average Bonchev–Trinajstić information content (AvgIpc) is 2.50. The Labute approximate surface area is 131 Å². The highest BCUT2D eigenvalue weighted by molar-refractivity contribution is 8.00. The van der Waals surface area contributed by atoms with Crippen LogP contribution in [0.1, 0.15) is 18.1 Å². The number of rotatable bonds is 6. The second-order valence-corrected chi connectivity index (χ2v) is 6.45. The predicted molar refractivity (Wildman–Crippen MR) is 89.7 cm³/mol. The smallest absolute Gasteiger partial charge is 0.233 e. The largest absolute Gasteiger partial charge is 0.355 e. The quantitative estimate of drug-likeness (QED) is 0.821. The molecule has 0 radical (unpaired) electrons. The van der Waals surface area contributed by atoms with Gasteiger partial charge in [0.05, 0.1) is 5.25 Å². The molecule has 2 rings (SSSR count). The maximum atomic E-state index is 12.1. The van der Waals surface area contributed by atoms with Crippen LogP contribution in [-0.4, -0.2) is 17.7 Å². The molecule has 0 saturated carbocycles. The summed E-state index contributed by atoms with van der Waals surface area (Å²) in [5.74, 6) is 0.0948. The molecule has 2 aromatic carbocycles. The van der Waals surface area contributed by atoms with Gasteiger partial charge in [-0.2, -0.15) is 0 Å². The van der Waals surface area contributed by atoms with Gasteiger partial charge in [-0.3, -0.25) is 4.79 Å². The number of hydrogen-bond donors (Lipinski definition) is 1. The average molecular weight is 299 g/mol. The van der Waals surface area contributed by atoms with Crippen LogP contribution in [0.25, 0.3) is 0 Å². The van der Waals surface area contributed by atoms with Crippen molar-refractivity contribution in [2.24, 2.45) is 0 Å². The summed E-state index contributed by atoms with van der Waals surface area (Å²) in [6.07, 6.45) is 0.876. The number of thioether (sulfide) groups is 1. The standard InChI is InChI=1S/C18H21NOS/c1-14-8-6-7-9-16(14)12-13-19-18(20)15(2)21-17-10-4-3-5-11-17/h3-11,15H,12-13H2,1-2H3,(H,19,20)/t15-/m1/s1. The summed E-state index contributed by atoms with van der Waals surface area (Å²) < 4.78 is 0. The molecule has 3 heteroatoms. The lowest BCUT2D eigenvalue weighted by Gasteiger charge is -2.12. The van der Waals surface area contributed by atoms with E-state index in [1.807, 2.05) is 49.4 Å². The Morgan fingerprint density at radius 2 is 1.76 bits per heavy atom. The highest BCUT2D eigenvalue weighted by Crippen LogP contribution is 2.22. The number of hydrogen-bond acceptors (Lipinski definition) is 2. The van der Waals surface area contributed by atoms with Gasteiger partial charge in [-0.15, -0.1) is 11.8 Å². The molecule has 0 fully saturated rings. The summed E-state index contributed by atoms with van der Waals surface area (Å²) in [5.41, 5.74) is 2.57. The molecule has 0 aromatic heterocycles. The molecule has 0 unspecified atom stereocenters. The van der Waals surface area contributed by atoms with Crippen LogP contribution in [0.5, 0.6) is 0 Å². The minimum atomic E-state index is -0.0794. The molecule has 0 aliphatic carbocycles. The normalized spacial score (nSPS) is 11.9. The zero-order valence-corrected chi connectivity index (χ0v) is 13.3. The van der Waals surface area contributed by atoms with Gasteiger partial charge in [0, 0.05) is 11.4 Å². The van der Waals surface area contributed by atoms with E-state index in [9.17, 15) is 4.79 Å². The fourth-order valence-corrected chi connectivity index (χ4v) is 3.02. The number of carbonyl (C=O) groups is 1. The van der Waals surface area contributed by atoms with Crippen LogP contribution in [0.15, 0.2) is 59.5 Å². The van der Waals surface area contributed by atoms with E-state index in [0.29, 0.717) is 6.54 Å². The van der Waals surface area contributed by atoms with Crippen molar-refractivity contribution in [3.63, 3.8) is 0 Å². The van der Waals surface area contributed by atoms with Crippen molar-refractivity contribution in [3.05, 3.63) is 65.7 Å². The Bertz CT molecular complexity index is 583. The van der Waals surface area contributed by atoms with Gasteiger partial charge in [-0.05, 0) is 43.5 Å². The van der Waals surface area contributed by atoms with Gasteiger partial charge in [-0.1, -0.05) is 42.5 Å². The van der Waals surface area contributed by atoms with Crippen LogP contribution in [0, 0.1) is 6.92 Å². The van der Waals surface area contributed by atoms with Crippen LogP contribution in [0.3, 0.4) is 0 Å². The molecule has 2 aromatic rings. The number of carbonyl (C=O) groups excluding carboxylic acids is 1. The van der Waals surface area contributed by atoms with E-state index < -0.39 is 0 Å². The second-order valence-electron chi connectivity index (χ2n) is 5.04. The maximum absolute atomic E-state index is 12.1. The fraction of sp³-hybridized carbons (Fsp3) is 0.278. The minimum Gasteiger partial charge on any atom is -0.355 e. The lowest BCUT2D eigenvalue weighted by molar-refractivity contribution is -0.120. The van der Waals surface area contributed by atoms with Crippen molar-refractivity contribution in [2.45, 2.75) is 30.4 Å². The monoisotopic (exact) mass is 299 g/mol. The number of benzene rings is 2. The van der Waals surface area contributed by atoms with Crippen LogP contribution < -0.4 is 5.32 Å². The van der Waals surface area contributed by atoms with Gasteiger partial charge in [0.15, 0.2) is 0 Å². The lowest BCUT2D eigenvalue weighted by atomic mass is 10.1. The molecule has 0 saturated heterocycles. The molecule has 0 aliphatic heterocycles. The Kier molecular flexibility index (Phi) is 5.88. The number of aryl methyl sites for hydroxylation is 1. The van der Waals surface area contributed by atoms with Gasteiger partial charge in [0.2, 0.25) is 5.91 Å². The maximum Gasteiger partial charge on any atom is 0.233 e. The van der Waals surface area contributed by atoms with Crippen molar-refractivity contribution < 1.29 is 4.79 Å². The zero-order valence-electron chi connectivity index (χ0n) is 12.5. The van der Waals surface area contributed by atoms with E-state index in [2.05, 4.69) is 24.4 Å². The molecule has 110 valence electrons. The third kappa shape index (κ3) is 4.94. The molecular formula is C18H21NOS. The molecule has 21 heavy (non-hydrogen) atoms. The third-order valence-electron chi connectivity index (χ3n) is 3.38. The van der Waals surface area contributed by atoms with Crippen molar-refractivity contribution in [2.75, 3.05) is 6.54 Å². The van der Waals surface area contributed by atoms with E-state index in [0.717, 1.165) is 11.3 Å². The van der Waals surface area contributed by atoms with Crippen LogP contribution in [0.2, 0.25) is 0 Å². The van der Waals surface area contributed by atoms with Crippen molar-refractivity contribution in [1.29, 1.82) is 0 Å². The summed E-state index contributed by atoms with van der Waals surface area (Å²) in [6, 6.07) is 18.3. The molecule has 0 spiro atoms. The van der Waals surface area contributed by atoms with Crippen molar-refractivity contribution in [3.8, 4) is 0 Å². The highest BCUT2D eigenvalue weighted by Gasteiger charge is 2.13. The van der Waals surface area contributed by atoms with E-state index in [1.54, 1.807) is 11.8 Å². The molecule has 1 N–H and O–H groups in total. The summed E-state index contributed by atoms with van der Waals surface area (Å²) in [4.78, 5) is 13.2. The predicted octanol–water partition coefficient (Wildman–Crippen LogP) is 3.83. The third-order valence-corrected chi connectivity index (χ3v) is 4.49. The summed E-state index contributed by atoms with van der Waals surface area (Å²) in [5, 5.41) is 2.94. The van der Waals surface area contributed by atoms with Gasteiger partial charge in [0.25, 0.3) is 0 Å². The molecule has 0 heterocycles. The van der Waals surface area contributed by atoms with Crippen LogP contribution in [0.4, 0.5) is 0 Å². The Balaban J connectivity index is 1.78. The minimum absolute atomic E-state index is 0.0794. The highest BCUT2D eigenvalue weighted by atomic mass is 32.2. The number of amides is 1. The fourth-order valence-electron chi connectivity index (χ4n) is 2.11. The first-order valence-electron chi connectivity index (χ1n) is 7.21. The van der Waals surface area contributed by atoms with Crippen molar-refractivity contribution >= 4 is 17.7 Å². The van der Waals surface area contributed by atoms with E-state index in [-0.39, 0.29) is 11.2 Å². The molecule has 2 nitrogen and oxygen atoms in total. The van der Waals surface area contributed by atoms with Crippen LogP contribution >= 0.6 is 11.8 Å². The first-order chi connectivity index (χ1) is 10.2. The van der Waals surface area contributed by atoms with Crippen LogP contribution in [-0.2, 0) is 11.2 Å². The first-order valence-corrected chi connectivity index (χ1v) is 8.08. The topological polar surface area (TPSA) is 29.1 Å². The zero-order chi connectivity index (χ0) is 15.1. The van der Waals surface area contributed by atoms with Gasteiger partial charge < -0.3 is 5.32 Å². The molecule has 1 amide bonds. The Morgan fingerprint density at radius 1 is 1.10 bits per heavy atom. The van der Waals surface area contributed by atoms with Gasteiger partial charge in [-0.25, -0.2) is 0 Å². The SMILES string of the molecule is Cc1ccccc1CCNC(=O)[C@@H](C)Sc1ccccc1. The van der Waals surface area contributed by atoms with Crippen molar-refractivity contribution in [1.82, 2.24) is 5.32 Å². The molecular weight excluding hydrogens is 278 g/mol. The van der Waals surface area contributed by atoms with E-state index in [1.165, 1.54) is 11.1 Å². The Hall–Kier alpha value is -1.74. The van der Waals surface area contributed by atoms with E-state index in [4.69, 9.17) is 0 Å². The first kappa shape index (κ1) is 15.6. The Morgan fingerprint density at radius 3 is 2.48 bits per heavy atom. The van der Waals surface area contributed by atoms with E-state index >= 15 is 0 Å². The molecule has 0 bridgehead atoms. The summed E-state index contributed by atoms with van der Waals surface area (Å²) in [7, 11) is 0. The molecule has 1 atom stereocenters. The summed E-state index contributed by atoms with van der Waals surface area (Å²) in [6.45, 7) is 4.73. The van der Waals surface area contributed by atoms with Gasteiger partial charge in [0.1, 0.15) is 0 Å². The molecule has 0 aliphatic rings. The lowest BCUT2D eigenvalue weighted by Crippen LogP contribution is -2.32.